The smallest absolute Gasteiger partial charge is 0.132 e. The Balaban J connectivity index is 1.63. The number of nitrogens with zero attached hydrogens (tertiary/aromatic N) is 2. The fourth-order valence-corrected chi connectivity index (χ4v) is 3.80. The Bertz CT molecular complexity index is 640. The zero-order valence-corrected chi connectivity index (χ0v) is 12.5. The molecule has 1 aromatic carbocycles. The molecule has 0 spiro atoms. The average Bonchev–Trinajstić information content (AvgIpc) is 2.97. The van der Waals surface area contributed by atoms with Crippen LogP contribution in [0.15, 0.2) is 30.5 Å². The van der Waals surface area contributed by atoms with Crippen molar-refractivity contribution in [2.45, 2.75) is 44.1 Å². The van der Waals surface area contributed by atoms with Crippen LogP contribution in [0.5, 0.6) is 0 Å². The third kappa shape index (κ3) is 2.26. The molecule has 0 saturated heterocycles. The molecule has 3 nitrogen and oxygen atoms in total. The van der Waals surface area contributed by atoms with Crippen LogP contribution in [0.4, 0.5) is 0 Å². The van der Waals surface area contributed by atoms with Crippen molar-refractivity contribution in [3.8, 4) is 0 Å². The van der Waals surface area contributed by atoms with Crippen LogP contribution < -0.4 is 5.32 Å². The van der Waals surface area contributed by atoms with Crippen molar-refractivity contribution in [3.63, 3.8) is 0 Å². The van der Waals surface area contributed by atoms with Gasteiger partial charge in [0.25, 0.3) is 0 Å². The van der Waals surface area contributed by atoms with Gasteiger partial charge in [-0.05, 0) is 50.3 Å². The van der Waals surface area contributed by atoms with E-state index in [-0.39, 0.29) is 0 Å². The summed E-state index contributed by atoms with van der Waals surface area (Å²) in [5.41, 5.74) is 5.51. The van der Waals surface area contributed by atoms with Gasteiger partial charge in [0.15, 0.2) is 0 Å². The summed E-state index contributed by atoms with van der Waals surface area (Å²) in [7, 11) is 2.03. The summed E-state index contributed by atoms with van der Waals surface area (Å²) in [4.78, 5) is 9.63. The number of hydrogen-bond acceptors (Lipinski definition) is 3. The minimum absolute atomic E-state index is 0.434. The Morgan fingerprint density at radius 3 is 2.62 bits per heavy atom. The standard InChI is InChI=1S/C18H21N3/c1-19-16-7-4-8-17-15(16)11-20-18(21-17)14-9-12-5-2-3-6-13(12)10-14/h2-3,5-6,11,14,16,19H,4,7-10H2,1H3. The molecule has 4 rings (SSSR count). The monoisotopic (exact) mass is 279 g/mol. The second-order valence-electron chi connectivity index (χ2n) is 6.24. The van der Waals surface area contributed by atoms with Gasteiger partial charge in [0.05, 0.1) is 0 Å². The van der Waals surface area contributed by atoms with E-state index in [2.05, 4.69) is 35.8 Å². The van der Waals surface area contributed by atoms with Gasteiger partial charge in [-0.25, -0.2) is 9.97 Å². The minimum atomic E-state index is 0.434. The van der Waals surface area contributed by atoms with E-state index in [0.717, 1.165) is 25.1 Å². The summed E-state index contributed by atoms with van der Waals surface area (Å²) in [6, 6.07) is 9.18. The highest BCUT2D eigenvalue weighted by atomic mass is 14.9. The largest absolute Gasteiger partial charge is 0.313 e. The third-order valence-electron chi connectivity index (χ3n) is 4.97. The van der Waals surface area contributed by atoms with Crippen molar-refractivity contribution in [2.24, 2.45) is 0 Å². The summed E-state index contributed by atoms with van der Waals surface area (Å²) in [6.07, 6.45) is 7.76. The predicted octanol–water partition coefficient (Wildman–Crippen LogP) is 2.96. The molecule has 2 aliphatic rings. The van der Waals surface area contributed by atoms with Crippen LogP contribution in [-0.2, 0) is 19.3 Å². The van der Waals surface area contributed by atoms with Gasteiger partial charge >= 0.3 is 0 Å². The lowest BCUT2D eigenvalue weighted by Crippen LogP contribution is -2.23. The SMILES string of the molecule is CNC1CCCc2nc(C3Cc4ccccc4C3)ncc21. The minimum Gasteiger partial charge on any atom is -0.313 e. The van der Waals surface area contributed by atoms with E-state index in [1.165, 1.54) is 35.2 Å². The molecule has 0 aliphatic heterocycles. The highest BCUT2D eigenvalue weighted by molar-refractivity contribution is 5.35. The van der Waals surface area contributed by atoms with Crippen molar-refractivity contribution in [1.29, 1.82) is 0 Å². The summed E-state index contributed by atoms with van der Waals surface area (Å²) >= 11 is 0. The fraction of sp³-hybridized carbons (Fsp3) is 0.444. The molecule has 1 atom stereocenters. The third-order valence-corrected chi connectivity index (χ3v) is 4.97. The second-order valence-corrected chi connectivity index (χ2v) is 6.24. The average molecular weight is 279 g/mol. The lowest BCUT2D eigenvalue weighted by Gasteiger charge is -2.24. The van der Waals surface area contributed by atoms with E-state index in [1.54, 1.807) is 0 Å². The molecule has 2 aliphatic carbocycles. The van der Waals surface area contributed by atoms with Gasteiger partial charge in [-0.2, -0.15) is 0 Å². The van der Waals surface area contributed by atoms with Crippen LogP contribution in [0.3, 0.4) is 0 Å². The van der Waals surface area contributed by atoms with E-state index >= 15 is 0 Å². The van der Waals surface area contributed by atoms with Gasteiger partial charge in [0, 0.05) is 29.4 Å². The highest BCUT2D eigenvalue weighted by Crippen LogP contribution is 2.34. The number of aromatic nitrogens is 2. The molecule has 1 heterocycles. The quantitative estimate of drug-likeness (QED) is 0.918. The van der Waals surface area contributed by atoms with Crippen LogP contribution in [0, 0.1) is 0 Å². The summed E-state index contributed by atoms with van der Waals surface area (Å²) in [5, 5.41) is 3.38. The van der Waals surface area contributed by atoms with E-state index in [4.69, 9.17) is 9.97 Å². The Labute approximate surface area is 125 Å². The van der Waals surface area contributed by atoms with Crippen LogP contribution in [0.25, 0.3) is 0 Å². The summed E-state index contributed by atoms with van der Waals surface area (Å²) in [6.45, 7) is 0. The number of aryl methyl sites for hydroxylation is 1. The Kier molecular flexibility index (Phi) is 3.23. The molecule has 1 unspecified atom stereocenters. The van der Waals surface area contributed by atoms with Crippen molar-refractivity contribution < 1.29 is 0 Å². The van der Waals surface area contributed by atoms with Crippen LogP contribution in [-0.4, -0.2) is 17.0 Å². The van der Waals surface area contributed by atoms with Crippen molar-refractivity contribution in [1.82, 2.24) is 15.3 Å². The Hall–Kier alpha value is -1.74. The van der Waals surface area contributed by atoms with Gasteiger partial charge in [-0.1, -0.05) is 24.3 Å². The fourth-order valence-electron chi connectivity index (χ4n) is 3.80. The molecule has 0 amide bonds. The second kappa shape index (κ2) is 5.23. The summed E-state index contributed by atoms with van der Waals surface area (Å²) in [5.74, 6) is 1.50. The maximum atomic E-state index is 4.93. The molecular formula is C18H21N3. The van der Waals surface area contributed by atoms with E-state index < -0.39 is 0 Å². The summed E-state index contributed by atoms with van der Waals surface area (Å²) < 4.78 is 0. The van der Waals surface area contributed by atoms with Crippen molar-refractivity contribution in [3.05, 3.63) is 58.7 Å². The molecule has 2 aromatic rings. The first-order valence-corrected chi connectivity index (χ1v) is 7.95. The topological polar surface area (TPSA) is 37.8 Å². The molecule has 0 radical (unpaired) electrons. The number of nitrogens with one attached hydrogen (secondary N) is 1. The van der Waals surface area contributed by atoms with Gasteiger partial charge in [0.1, 0.15) is 5.82 Å². The lowest BCUT2D eigenvalue weighted by molar-refractivity contribution is 0.483. The van der Waals surface area contributed by atoms with E-state index in [9.17, 15) is 0 Å². The molecule has 0 fully saturated rings. The zero-order valence-electron chi connectivity index (χ0n) is 12.5. The zero-order chi connectivity index (χ0) is 14.2. The Morgan fingerprint density at radius 2 is 1.90 bits per heavy atom. The first kappa shape index (κ1) is 13.0. The van der Waals surface area contributed by atoms with Crippen LogP contribution in [0.2, 0.25) is 0 Å². The van der Waals surface area contributed by atoms with Crippen molar-refractivity contribution >= 4 is 0 Å². The van der Waals surface area contributed by atoms with Gasteiger partial charge < -0.3 is 5.32 Å². The van der Waals surface area contributed by atoms with Gasteiger partial charge in [0.2, 0.25) is 0 Å². The van der Waals surface area contributed by atoms with Crippen LogP contribution in [0.1, 0.15) is 53.0 Å². The van der Waals surface area contributed by atoms with Gasteiger partial charge in [-0.3, -0.25) is 0 Å². The molecule has 21 heavy (non-hydrogen) atoms. The highest BCUT2D eigenvalue weighted by Gasteiger charge is 2.27. The predicted molar refractivity (Wildman–Crippen MR) is 83.4 cm³/mol. The number of benzene rings is 1. The molecule has 3 heteroatoms. The Morgan fingerprint density at radius 1 is 1.14 bits per heavy atom. The molecule has 108 valence electrons. The number of fused-ring (bicyclic) bond motifs is 2. The molecule has 1 N–H and O–H groups in total. The van der Waals surface area contributed by atoms with Crippen molar-refractivity contribution in [2.75, 3.05) is 7.05 Å². The lowest BCUT2D eigenvalue weighted by atomic mass is 9.92. The normalized spacial score (nSPS) is 21.1. The van der Waals surface area contributed by atoms with Gasteiger partial charge in [-0.15, -0.1) is 0 Å². The first-order chi connectivity index (χ1) is 10.3. The molecular weight excluding hydrogens is 258 g/mol. The maximum Gasteiger partial charge on any atom is 0.132 e. The molecule has 0 saturated carbocycles. The number of rotatable bonds is 2. The number of hydrogen-bond donors (Lipinski definition) is 1. The van der Waals surface area contributed by atoms with Crippen LogP contribution >= 0.6 is 0 Å². The first-order valence-electron chi connectivity index (χ1n) is 7.95. The van der Waals surface area contributed by atoms with E-state index in [1.807, 2.05) is 7.05 Å². The molecule has 1 aromatic heterocycles. The van der Waals surface area contributed by atoms with E-state index in [0.29, 0.717) is 12.0 Å². The maximum absolute atomic E-state index is 4.93. The molecule has 0 bridgehead atoms.